The lowest BCUT2D eigenvalue weighted by molar-refractivity contribution is -0.116. The molecule has 0 aromatic heterocycles. The zero-order valence-electron chi connectivity index (χ0n) is 16.0. The molecular formula is C22H22N2O4. The molecule has 6 heteroatoms. The molecule has 0 spiro atoms. The maximum absolute atomic E-state index is 11.9. The van der Waals surface area contributed by atoms with E-state index in [0.29, 0.717) is 22.6 Å². The summed E-state index contributed by atoms with van der Waals surface area (Å²) in [6, 6.07) is 12.4. The molecule has 2 aromatic rings. The molecule has 0 aliphatic carbocycles. The van der Waals surface area contributed by atoms with E-state index in [9.17, 15) is 9.59 Å². The quantitative estimate of drug-likeness (QED) is 0.597. The van der Waals surface area contributed by atoms with E-state index in [2.05, 4.69) is 22.5 Å². The molecule has 0 saturated heterocycles. The average Bonchev–Trinajstić information content (AvgIpc) is 2.74. The van der Waals surface area contributed by atoms with Crippen molar-refractivity contribution in [3.63, 3.8) is 0 Å². The van der Waals surface area contributed by atoms with Crippen LogP contribution in [0.3, 0.4) is 0 Å². The number of nitrogens with one attached hydrogen (secondary N) is 2. The van der Waals surface area contributed by atoms with E-state index in [1.54, 1.807) is 63.7 Å². The highest BCUT2D eigenvalue weighted by Crippen LogP contribution is 2.27. The van der Waals surface area contributed by atoms with Crippen LogP contribution in [0.2, 0.25) is 0 Å². The van der Waals surface area contributed by atoms with Gasteiger partial charge in [-0.15, -0.1) is 0 Å². The Labute approximate surface area is 164 Å². The second kappa shape index (κ2) is 10.4. The van der Waals surface area contributed by atoms with Gasteiger partial charge in [-0.25, -0.2) is 0 Å². The zero-order chi connectivity index (χ0) is 20.4. The van der Waals surface area contributed by atoms with E-state index in [0.717, 1.165) is 5.56 Å². The largest absolute Gasteiger partial charge is 0.493 e. The summed E-state index contributed by atoms with van der Waals surface area (Å²) in [6.07, 6.45) is 3.09. The second-order valence-corrected chi connectivity index (χ2v) is 5.59. The van der Waals surface area contributed by atoms with Gasteiger partial charge in [0.05, 0.1) is 26.3 Å². The molecule has 6 nitrogen and oxygen atoms in total. The van der Waals surface area contributed by atoms with E-state index in [1.165, 1.54) is 6.08 Å². The summed E-state index contributed by atoms with van der Waals surface area (Å²) in [6.45, 7) is 0.164. The van der Waals surface area contributed by atoms with E-state index >= 15 is 0 Å². The number of benzene rings is 2. The van der Waals surface area contributed by atoms with Gasteiger partial charge < -0.3 is 20.1 Å². The number of carbonyl (C=O) groups excluding carboxylic acids is 2. The maximum Gasteiger partial charge on any atom is 0.252 e. The zero-order valence-corrected chi connectivity index (χ0v) is 16.0. The lowest BCUT2D eigenvalue weighted by atomic mass is 10.1. The van der Waals surface area contributed by atoms with Crippen LogP contribution >= 0.6 is 0 Å². The first-order valence-electron chi connectivity index (χ1n) is 8.57. The molecule has 0 bridgehead atoms. The third-order valence-electron chi connectivity index (χ3n) is 3.81. The van der Waals surface area contributed by atoms with Gasteiger partial charge in [-0.3, -0.25) is 9.59 Å². The Morgan fingerprint density at radius 1 is 1.07 bits per heavy atom. The van der Waals surface area contributed by atoms with Gasteiger partial charge >= 0.3 is 0 Å². The lowest BCUT2D eigenvalue weighted by Gasteiger charge is -2.07. The van der Waals surface area contributed by atoms with Crippen molar-refractivity contribution in [3.8, 4) is 23.3 Å². The van der Waals surface area contributed by atoms with Gasteiger partial charge in [0, 0.05) is 18.7 Å². The molecule has 144 valence electrons. The molecule has 2 aromatic carbocycles. The Morgan fingerprint density at radius 2 is 1.82 bits per heavy atom. The molecule has 2 N–H and O–H groups in total. The summed E-state index contributed by atoms with van der Waals surface area (Å²) in [5.74, 6) is 6.49. The van der Waals surface area contributed by atoms with Crippen molar-refractivity contribution >= 4 is 17.9 Å². The first-order valence-corrected chi connectivity index (χ1v) is 8.57. The number of rotatable bonds is 6. The van der Waals surface area contributed by atoms with E-state index in [4.69, 9.17) is 9.47 Å². The minimum Gasteiger partial charge on any atom is -0.493 e. The monoisotopic (exact) mass is 378 g/mol. The predicted molar refractivity (Wildman–Crippen MR) is 108 cm³/mol. The van der Waals surface area contributed by atoms with Crippen molar-refractivity contribution in [1.82, 2.24) is 10.6 Å². The molecule has 0 saturated carbocycles. The Hall–Kier alpha value is -3.72. The number of amides is 2. The highest BCUT2D eigenvalue weighted by molar-refractivity contribution is 5.96. The van der Waals surface area contributed by atoms with Crippen LogP contribution in [-0.2, 0) is 4.79 Å². The average molecular weight is 378 g/mol. The summed E-state index contributed by atoms with van der Waals surface area (Å²) >= 11 is 0. The fourth-order valence-corrected chi connectivity index (χ4v) is 2.38. The first-order chi connectivity index (χ1) is 13.6. The molecule has 0 aliphatic rings. The van der Waals surface area contributed by atoms with E-state index in [1.807, 2.05) is 6.07 Å². The summed E-state index contributed by atoms with van der Waals surface area (Å²) in [7, 11) is 4.69. The summed E-state index contributed by atoms with van der Waals surface area (Å²) in [5, 5.41) is 5.26. The van der Waals surface area contributed by atoms with Gasteiger partial charge in [-0.1, -0.05) is 30.0 Å². The van der Waals surface area contributed by atoms with Gasteiger partial charge in [0.15, 0.2) is 11.5 Å². The Balaban J connectivity index is 1.95. The third kappa shape index (κ3) is 5.64. The number of hydrogen-bond donors (Lipinski definition) is 2. The van der Waals surface area contributed by atoms with Crippen LogP contribution < -0.4 is 20.1 Å². The van der Waals surface area contributed by atoms with Gasteiger partial charge in [0.25, 0.3) is 5.91 Å². The molecule has 28 heavy (non-hydrogen) atoms. The second-order valence-electron chi connectivity index (χ2n) is 5.59. The molecule has 0 aliphatic heterocycles. The van der Waals surface area contributed by atoms with Crippen LogP contribution in [0, 0.1) is 11.8 Å². The number of carbonyl (C=O) groups is 2. The minimum absolute atomic E-state index is 0.164. The van der Waals surface area contributed by atoms with Gasteiger partial charge in [-0.05, 0) is 35.9 Å². The molecule has 2 rings (SSSR count). The Kier molecular flexibility index (Phi) is 7.67. The molecule has 0 unspecified atom stereocenters. The smallest absolute Gasteiger partial charge is 0.252 e. The lowest BCUT2D eigenvalue weighted by Crippen LogP contribution is -2.21. The highest BCUT2D eigenvalue weighted by atomic mass is 16.5. The molecule has 0 heterocycles. The van der Waals surface area contributed by atoms with Crippen LogP contribution in [0.5, 0.6) is 11.5 Å². The van der Waals surface area contributed by atoms with Gasteiger partial charge in [0.2, 0.25) is 5.91 Å². The number of methoxy groups -OCH3 is 2. The summed E-state index contributed by atoms with van der Waals surface area (Å²) < 4.78 is 10.4. The van der Waals surface area contributed by atoms with Crippen molar-refractivity contribution in [1.29, 1.82) is 0 Å². The molecule has 2 amide bonds. The predicted octanol–water partition coefficient (Wildman–Crippen LogP) is 2.24. The topological polar surface area (TPSA) is 76.7 Å². The molecule has 0 fully saturated rings. The van der Waals surface area contributed by atoms with Crippen LogP contribution in [-0.4, -0.2) is 39.6 Å². The van der Waals surface area contributed by atoms with Crippen molar-refractivity contribution in [2.24, 2.45) is 0 Å². The van der Waals surface area contributed by atoms with Crippen molar-refractivity contribution in [3.05, 3.63) is 65.2 Å². The maximum atomic E-state index is 11.9. The first kappa shape index (κ1) is 20.6. The SMILES string of the molecule is CNC(=O)c1ccccc1C#CCNC(=O)/C=C/c1ccc(OC)c(OC)c1. The molecule has 0 atom stereocenters. The fraction of sp³-hybridized carbons (Fsp3) is 0.182. The normalized spacial score (nSPS) is 9.96. The van der Waals surface area contributed by atoms with E-state index in [-0.39, 0.29) is 18.4 Å². The summed E-state index contributed by atoms with van der Waals surface area (Å²) in [5.41, 5.74) is 1.91. The van der Waals surface area contributed by atoms with Crippen LogP contribution in [0.25, 0.3) is 6.08 Å². The summed E-state index contributed by atoms with van der Waals surface area (Å²) in [4.78, 5) is 23.7. The fourth-order valence-electron chi connectivity index (χ4n) is 2.38. The van der Waals surface area contributed by atoms with Crippen LogP contribution in [0.4, 0.5) is 0 Å². The minimum atomic E-state index is -0.274. The highest BCUT2D eigenvalue weighted by Gasteiger charge is 2.06. The molecule has 0 radical (unpaired) electrons. The third-order valence-corrected chi connectivity index (χ3v) is 3.81. The standard InChI is InChI=1S/C22H22N2O4/c1-23-22(26)18-9-5-4-7-17(18)8-6-14-24-21(25)13-11-16-10-12-19(27-2)20(15-16)28-3/h4-5,7,9-13,15H,14H2,1-3H3,(H,23,26)(H,24,25)/b13-11+. The van der Waals surface area contributed by atoms with Crippen molar-refractivity contribution < 1.29 is 19.1 Å². The van der Waals surface area contributed by atoms with Gasteiger partial charge in [-0.2, -0.15) is 0 Å². The van der Waals surface area contributed by atoms with E-state index < -0.39 is 0 Å². The van der Waals surface area contributed by atoms with Crippen LogP contribution in [0.15, 0.2) is 48.5 Å². The molecular weight excluding hydrogens is 356 g/mol. The van der Waals surface area contributed by atoms with Crippen LogP contribution in [0.1, 0.15) is 21.5 Å². The Morgan fingerprint density at radius 3 is 2.54 bits per heavy atom. The van der Waals surface area contributed by atoms with Crippen molar-refractivity contribution in [2.45, 2.75) is 0 Å². The number of ether oxygens (including phenoxy) is 2. The number of hydrogen-bond acceptors (Lipinski definition) is 4. The van der Waals surface area contributed by atoms with Gasteiger partial charge in [0.1, 0.15) is 0 Å². The Bertz CT molecular complexity index is 939. The van der Waals surface area contributed by atoms with Crippen molar-refractivity contribution in [2.75, 3.05) is 27.8 Å².